The van der Waals surface area contributed by atoms with E-state index in [1.165, 1.54) is 6.07 Å². The Kier molecular flexibility index (Phi) is 3.54. The lowest BCUT2D eigenvalue weighted by Crippen LogP contribution is -2.53. The van der Waals surface area contributed by atoms with Crippen molar-refractivity contribution in [3.05, 3.63) is 34.6 Å². The molecule has 2 fully saturated rings. The molecule has 3 rings (SSSR count). The van der Waals surface area contributed by atoms with Gasteiger partial charge in [-0.1, -0.05) is 30.5 Å². The maximum Gasteiger partial charge on any atom is 0.129 e. The van der Waals surface area contributed by atoms with Crippen LogP contribution in [0.2, 0.25) is 5.02 Å². The molecule has 1 saturated heterocycles. The zero-order valence-corrected chi connectivity index (χ0v) is 11.6. The highest BCUT2D eigenvalue weighted by atomic mass is 35.5. The zero-order valence-electron chi connectivity index (χ0n) is 10.8. The minimum absolute atomic E-state index is 0.0596. The summed E-state index contributed by atoms with van der Waals surface area (Å²) in [5, 5.41) is 14.6. The standard InChI is InChI=1S/C15H19ClFNO/c16-11-5-3-6-12(17)13(11)14-10-4-1-2-7-15(10,19)8-9-18-14/h3,5-6,10,14,18-19H,1-2,4,7-9H2/t10-,14-,15-/m0/s1. The molecule has 104 valence electrons. The van der Waals surface area contributed by atoms with Gasteiger partial charge in [-0.15, -0.1) is 0 Å². The van der Waals surface area contributed by atoms with Gasteiger partial charge in [0.1, 0.15) is 5.82 Å². The summed E-state index contributed by atoms with van der Waals surface area (Å²) in [6.07, 6.45) is 4.66. The number of nitrogens with one attached hydrogen (secondary N) is 1. The largest absolute Gasteiger partial charge is 0.389 e. The fraction of sp³-hybridized carbons (Fsp3) is 0.600. The van der Waals surface area contributed by atoms with Crippen molar-refractivity contribution in [2.24, 2.45) is 5.92 Å². The third kappa shape index (κ3) is 2.28. The number of hydrogen-bond donors (Lipinski definition) is 2. The van der Waals surface area contributed by atoms with Gasteiger partial charge in [0, 0.05) is 22.5 Å². The summed E-state index contributed by atoms with van der Waals surface area (Å²) >= 11 is 6.18. The number of rotatable bonds is 1. The van der Waals surface area contributed by atoms with Crippen LogP contribution in [0.4, 0.5) is 4.39 Å². The van der Waals surface area contributed by atoms with Gasteiger partial charge in [0.2, 0.25) is 0 Å². The van der Waals surface area contributed by atoms with E-state index in [2.05, 4.69) is 5.32 Å². The highest BCUT2D eigenvalue weighted by molar-refractivity contribution is 6.31. The number of halogens is 2. The first-order valence-corrected chi connectivity index (χ1v) is 7.39. The monoisotopic (exact) mass is 283 g/mol. The van der Waals surface area contributed by atoms with Gasteiger partial charge in [-0.2, -0.15) is 0 Å². The van der Waals surface area contributed by atoms with Gasteiger partial charge in [0.15, 0.2) is 0 Å². The van der Waals surface area contributed by atoms with Crippen LogP contribution in [-0.2, 0) is 0 Å². The van der Waals surface area contributed by atoms with Crippen molar-refractivity contribution in [1.82, 2.24) is 5.32 Å². The van der Waals surface area contributed by atoms with E-state index in [0.29, 0.717) is 17.1 Å². The van der Waals surface area contributed by atoms with E-state index in [1.54, 1.807) is 12.1 Å². The Bertz CT molecular complexity index is 457. The van der Waals surface area contributed by atoms with Crippen molar-refractivity contribution in [2.75, 3.05) is 6.54 Å². The lowest BCUT2D eigenvalue weighted by Gasteiger charge is -2.48. The first-order valence-electron chi connectivity index (χ1n) is 7.01. The molecule has 2 nitrogen and oxygen atoms in total. The molecule has 1 saturated carbocycles. The predicted octanol–water partition coefficient (Wildman–Crippen LogP) is 3.43. The average Bonchev–Trinajstić information content (AvgIpc) is 2.38. The Morgan fingerprint density at radius 3 is 2.95 bits per heavy atom. The molecule has 0 aromatic heterocycles. The molecule has 1 aromatic rings. The Morgan fingerprint density at radius 1 is 1.32 bits per heavy atom. The summed E-state index contributed by atoms with van der Waals surface area (Å²) in [5.41, 5.74) is -0.131. The summed E-state index contributed by atoms with van der Waals surface area (Å²) in [4.78, 5) is 0. The normalized spacial score (nSPS) is 34.9. The Balaban J connectivity index is 1.99. The molecule has 3 atom stereocenters. The number of benzene rings is 1. The van der Waals surface area contributed by atoms with Crippen molar-refractivity contribution < 1.29 is 9.50 Å². The summed E-state index contributed by atoms with van der Waals surface area (Å²) in [6.45, 7) is 0.711. The van der Waals surface area contributed by atoms with Crippen LogP contribution in [0.3, 0.4) is 0 Å². The third-order valence-electron chi connectivity index (χ3n) is 4.70. The van der Waals surface area contributed by atoms with Crippen molar-refractivity contribution in [1.29, 1.82) is 0 Å². The smallest absolute Gasteiger partial charge is 0.129 e. The maximum absolute atomic E-state index is 14.1. The molecule has 1 aliphatic heterocycles. The van der Waals surface area contributed by atoms with E-state index in [9.17, 15) is 9.50 Å². The Morgan fingerprint density at radius 2 is 2.16 bits per heavy atom. The number of aliphatic hydroxyl groups is 1. The average molecular weight is 284 g/mol. The molecule has 2 aliphatic rings. The molecule has 0 spiro atoms. The molecule has 0 radical (unpaired) electrons. The van der Waals surface area contributed by atoms with Crippen LogP contribution in [0.1, 0.15) is 43.7 Å². The molecule has 2 N–H and O–H groups in total. The Labute approximate surface area is 118 Å². The molecule has 0 unspecified atom stereocenters. The second-order valence-corrected chi connectivity index (χ2v) is 6.18. The summed E-state index contributed by atoms with van der Waals surface area (Å²) < 4.78 is 14.1. The van der Waals surface area contributed by atoms with E-state index in [0.717, 1.165) is 32.1 Å². The lowest BCUT2D eigenvalue weighted by molar-refractivity contribution is -0.0865. The van der Waals surface area contributed by atoms with Crippen LogP contribution in [0, 0.1) is 11.7 Å². The van der Waals surface area contributed by atoms with Crippen molar-refractivity contribution in [3.8, 4) is 0 Å². The quantitative estimate of drug-likeness (QED) is 0.827. The van der Waals surface area contributed by atoms with Gasteiger partial charge in [-0.3, -0.25) is 0 Å². The van der Waals surface area contributed by atoms with Crippen LogP contribution in [0.15, 0.2) is 18.2 Å². The second-order valence-electron chi connectivity index (χ2n) is 5.77. The number of piperidine rings is 1. The van der Waals surface area contributed by atoms with Crippen LogP contribution < -0.4 is 5.32 Å². The zero-order chi connectivity index (χ0) is 13.5. The molecular weight excluding hydrogens is 265 g/mol. The molecular formula is C15H19ClFNO. The second kappa shape index (κ2) is 5.04. The predicted molar refractivity (Wildman–Crippen MR) is 73.7 cm³/mol. The van der Waals surface area contributed by atoms with Crippen molar-refractivity contribution in [2.45, 2.75) is 43.7 Å². The fourth-order valence-electron chi connectivity index (χ4n) is 3.73. The van der Waals surface area contributed by atoms with Gasteiger partial charge in [0.05, 0.1) is 5.60 Å². The van der Waals surface area contributed by atoms with Gasteiger partial charge in [-0.25, -0.2) is 4.39 Å². The van der Waals surface area contributed by atoms with Gasteiger partial charge in [0.25, 0.3) is 0 Å². The van der Waals surface area contributed by atoms with E-state index in [1.807, 2.05) is 0 Å². The van der Waals surface area contributed by atoms with Crippen LogP contribution in [0.5, 0.6) is 0 Å². The molecule has 1 heterocycles. The molecule has 1 aromatic carbocycles. The topological polar surface area (TPSA) is 32.3 Å². The highest BCUT2D eigenvalue weighted by Crippen LogP contribution is 2.47. The molecule has 0 amide bonds. The van der Waals surface area contributed by atoms with Crippen LogP contribution in [-0.4, -0.2) is 17.3 Å². The van der Waals surface area contributed by atoms with Gasteiger partial charge in [-0.05, 0) is 37.9 Å². The van der Waals surface area contributed by atoms with E-state index in [-0.39, 0.29) is 17.8 Å². The van der Waals surface area contributed by atoms with E-state index >= 15 is 0 Å². The molecule has 19 heavy (non-hydrogen) atoms. The minimum atomic E-state index is -0.653. The molecule has 4 heteroatoms. The molecule has 1 aliphatic carbocycles. The summed E-state index contributed by atoms with van der Waals surface area (Å²) in [7, 11) is 0. The van der Waals surface area contributed by atoms with E-state index < -0.39 is 5.60 Å². The minimum Gasteiger partial charge on any atom is -0.389 e. The first kappa shape index (κ1) is 13.3. The summed E-state index contributed by atoms with van der Waals surface area (Å²) in [6, 6.07) is 4.61. The maximum atomic E-state index is 14.1. The summed E-state index contributed by atoms with van der Waals surface area (Å²) in [5.74, 6) is -0.218. The van der Waals surface area contributed by atoms with Gasteiger partial charge < -0.3 is 10.4 Å². The Hall–Kier alpha value is -0.640. The first-order chi connectivity index (χ1) is 9.12. The lowest BCUT2D eigenvalue weighted by atomic mass is 9.67. The highest BCUT2D eigenvalue weighted by Gasteiger charge is 2.46. The van der Waals surface area contributed by atoms with E-state index in [4.69, 9.17) is 11.6 Å². The van der Waals surface area contributed by atoms with Crippen LogP contribution in [0.25, 0.3) is 0 Å². The van der Waals surface area contributed by atoms with Crippen molar-refractivity contribution >= 4 is 11.6 Å². The van der Waals surface area contributed by atoms with Crippen molar-refractivity contribution in [3.63, 3.8) is 0 Å². The number of hydrogen-bond acceptors (Lipinski definition) is 2. The third-order valence-corrected chi connectivity index (χ3v) is 5.03. The molecule has 0 bridgehead atoms. The van der Waals surface area contributed by atoms with Gasteiger partial charge >= 0.3 is 0 Å². The fourth-order valence-corrected chi connectivity index (χ4v) is 4.01. The SMILES string of the molecule is O[C@]12CCCC[C@H]1[C@@H](c1c(F)cccc1Cl)NCC2. The number of fused-ring (bicyclic) bond motifs is 1. The van der Waals surface area contributed by atoms with Crippen LogP contribution >= 0.6 is 11.6 Å².